The maximum atomic E-state index is 11.6. The highest BCUT2D eigenvalue weighted by Gasteiger charge is 2.15. The molecule has 0 aliphatic heterocycles. The molecule has 3 rings (SSSR count). The first-order valence-electron chi connectivity index (χ1n) is 11.6. The number of amides is 1. The van der Waals surface area contributed by atoms with E-state index in [-0.39, 0.29) is 6.09 Å². The smallest absolute Gasteiger partial charge is 0.407 e. The zero-order chi connectivity index (χ0) is 25.3. The second-order valence-corrected chi connectivity index (χ2v) is 9.80. The van der Waals surface area contributed by atoms with Gasteiger partial charge in [0.05, 0.1) is 37.6 Å². The van der Waals surface area contributed by atoms with Gasteiger partial charge in [-0.2, -0.15) is 0 Å². The number of thioether (sulfide) groups is 1. The minimum atomic E-state index is -0.479. The van der Waals surface area contributed by atoms with E-state index in [9.17, 15) is 4.79 Å². The summed E-state index contributed by atoms with van der Waals surface area (Å²) in [4.78, 5) is 24.0. The van der Waals surface area contributed by atoms with E-state index >= 15 is 0 Å². The first-order chi connectivity index (χ1) is 16.8. The number of hydrogen-bond donors (Lipinski definition) is 2. The molecule has 190 valence electrons. The standard InChI is InChI=1S/C25H34N4O5S/c1-25(2,3)34-24(30)27-12-7-6-8-14-33-17-9-10-18-19(15-17)29-23(28-18)35-16-20-22(32-5)21(31-4)11-13-26-20/h9-11,13,15H,6-8,12,14,16H2,1-5H3,(H,27,30)(H,28,29). The molecule has 0 fully saturated rings. The van der Waals surface area contributed by atoms with Crippen LogP contribution in [0.3, 0.4) is 0 Å². The summed E-state index contributed by atoms with van der Waals surface area (Å²) in [6, 6.07) is 7.61. The molecule has 0 saturated heterocycles. The van der Waals surface area contributed by atoms with E-state index in [1.54, 1.807) is 38.2 Å². The third-order valence-corrected chi connectivity index (χ3v) is 5.79. The van der Waals surface area contributed by atoms with Gasteiger partial charge in [0.25, 0.3) is 0 Å². The Morgan fingerprint density at radius 1 is 1.11 bits per heavy atom. The third kappa shape index (κ3) is 8.24. The monoisotopic (exact) mass is 502 g/mol. The molecule has 2 N–H and O–H groups in total. The Kier molecular flexibility index (Phi) is 9.47. The number of ether oxygens (including phenoxy) is 4. The van der Waals surface area contributed by atoms with E-state index in [0.29, 0.717) is 30.4 Å². The van der Waals surface area contributed by atoms with Crippen LogP contribution in [0.1, 0.15) is 45.7 Å². The largest absolute Gasteiger partial charge is 0.494 e. The van der Waals surface area contributed by atoms with E-state index in [2.05, 4.69) is 20.3 Å². The molecule has 0 unspecified atom stereocenters. The van der Waals surface area contributed by atoms with Gasteiger partial charge in [0, 0.05) is 30.6 Å². The minimum absolute atomic E-state index is 0.377. The number of fused-ring (bicyclic) bond motifs is 1. The van der Waals surface area contributed by atoms with Gasteiger partial charge >= 0.3 is 6.09 Å². The summed E-state index contributed by atoms with van der Waals surface area (Å²) in [5.41, 5.74) is 2.10. The molecule has 0 aliphatic rings. The fraction of sp³-hybridized carbons (Fsp3) is 0.480. The van der Waals surface area contributed by atoms with Crippen LogP contribution in [0.15, 0.2) is 35.6 Å². The highest BCUT2D eigenvalue weighted by atomic mass is 32.2. The van der Waals surface area contributed by atoms with Crippen molar-refractivity contribution in [3.05, 3.63) is 36.2 Å². The second kappa shape index (κ2) is 12.5. The minimum Gasteiger partial charge on any atom is -0.494 e. The second-order valence-electron chi connectivity index (χ2n) is 8.84. The Morgan fingerprint density at radius 3 is 2.69 bits per heavy atom. The van der Waals surface area contributed by atoms with Gasteiger partial charge in [-0.1, -0.05) is 11.8 Å². The number of H-pyrrole nitrogens is 1. The van der Waals surface area contributed by atoms with Crippen LogP contribution in [0.5, 0.6) is 17.2 Å². The molecular weight excluding hydrogens is 468 g/mol. The Hall–Kier alpha value is -3.14. The number of nitrogens with one attached hydrogen (secondary N) is 2. The van der Waals surface area contributed by atoms with Crippen molar-refractivity contribution in [2.24, 2.45) is 0 Å². The van der Waals surface area contributed by atoms with Crippen molar-refractivity contribution < 1.29 is 23.7 Å². The zero-order valence-corrected chi connectivity index (χ0v) is 21.8. The highest BCUT2D eigenvalue weighted by molar-refractivity contribution is 7.98. The number of unbranched alkanes of at least 4 members (excludes halogenated alkanes) is 2. The molecule has 1 aromatic carbocycles. The number of nitrogens with zero attached hydrogens (tertiary/aromatic N) is 2. The van der Waals surface area contributed by atoms with Crippen molar-refractivity contribution in [3.63, 3.8) is 0 Å². The quantitative estimate of drug-likeness (QED) is 0.252. The van der Waals surface area contributed by atoms with Crippen molar-refractivity contribution in [1.82, 2.24) is 20.3 Å². The summed E-state index contributed by atoms with van der Waals surface area (Å²) < 4.78 is 21.9. The molecule has 10 heteroatoms. The number of imidazole rings is 1. The molecule has 0 aliphatic carbocycles. The van der Waals surface area contributed by atoms with Gasteiger partial charge in [0.1, 0.15) is 11.4 Å². The van der Waals surface area contributed by atoms with Gasteiger partial charge in [-0.05, 0) is 52.2 Å². The normalized spacial score (nSPS) is 11.3. The van der Waals surface area contributed by atoms with E-state index in [1.165, 1.54) is 0 Å². The fourth-order valence-electron chi connectivity index (χ4n) is 3.31. The van der Waals surface area contributed by atoms with Crippen LogP contribution in [0, 0.1) is 0 Å². The lowest BCUT2D eigenvalue weighted by atomic mass is 10.2. The first kappa shape index (κ1) is 26.5. The molecule has 3 aromatic rings. The van der Waals surface area contributed by atoms with Crippen molar-refractivity contribution in [3.8, 4) is 17.2 Å². The average Bonchev–Trinajstić information content (AvgIpc) is 3.22. The number of rotatable bonds is 12. The number of carbonyl (C=O) groups is 1. The number of aromatic nitrogens is 3. The summed E-state index contributed by atoms with van der Waals surface area (Å²) in [6.45, 7) is 6.74. The highest BCUT2D eigenvalue weighted by Crippen LogP contribution is 2.33. The third-order valence-electron chi connectivity index (χ3n) is 4.90. The topological polar surface area (TPSA) is 108 Å². The average molecular weight is 503 g/mol. The fourth-order valence-corrected chi connectivity index (χ4v) is 4.13. The van der Waals surface area contributed by atoms with Crippen LogP contribution in [0.4, 0.5) is 4.79 Å². The molecule has 0 spiro atoms. The maximum absolute atomic E-state index is 11.6. The van der Waals surface area contributed by atoms with Crippen LogP contribution >= 0.6 is 11.8 Å². The summed E-state index contributed by atoms with van der Waals surface area (Å²) in [7, 11) is 3.22. The molecule has 35 heavy (non-hydrogen) atoms. The number of benzene rings is 1. The van der Waals surface area contributed by atoms with Crippen molar-refractivity contribution in [2.75, 3.05) is 27.4 Å². The molecule has 0 saturated carbocycles. The first-order valence-corrected chi connectivity index (χ1v) is 12.6. The predicted octanol–water partition coefficient (Wildman–Crippen LogP) is 5.34. The van der Waals surface area contributed by atoms with Crippen LogP contribution in [0.25, 0.3) is 11.0 Å². The van der Waals surface area contributed by atoms with Gasteiger partial charge in [-0.25, -0.2) is 9.78 Å². The van der Waals surface area contributed by atoms with Crippen molar-refractivity contribution in [1.29, 1.82) is 0 Å². The molecule has 0 radical (unpaired) electrons. The number of alkyl carbamates (subject to hydrolysis) is 1. The molecule has 2 aromatic heterocycles. The SMILES string of the molecule is COc1ccnc(CSc2nc3cc(OCCCCCNC(=O)OC(C)(C)C)ccc3[nH]2)c1OC. The summed E-state index contributed by atoms with van der Waals surface area (Å²) in [5, 5.41) is 3.56. The van der Waals surface area contributed by atoms with Gasteiger partial charge in [0.2, 0.25) is 0 Å². The number of aromatic amines is 1. The number of methoxy groups -OCH3 is 2. The maximum Gasteiger partial charge on any atom is 0.407 e. The molecule has 9 nitrogen and oxygen atoms in total. The Bertz CT molecular complexity index is 1110. The Morgan fingerprint density at radius 2 is 1.94 bits per heavy atom. The van der Waals surface area contributed by atoms with Gasteiger partial charge in [-0.15, -0.1) is 0 Å². The van der Waals surface area contributed by atoms with Crippen LogP contribution in [0.2, 0.25) is 0 Å². The lowest BCUT2D eigenvalue weighted by molar-refractivity contribution is 0.0527. The molecular formula is C25H34N4O5S. The lowest BCUT2D eigenvalue weighted by Gasteiger charge is -2.19. The Labute approximate surface area is 210 Å². The lowest BCUT2D eigenvalue weighted by Crippen LogP contribution is -2.33. The van der Waals surface area contributed by atoms with Gasteiger partial charge < -0.3 is 29.2 Å². The van der Waals surface area contributed by atoms with E-state index in [0.717, 1.165) is 46.9 Å². The van der Waals surface area contributed by atoms with Crippen LogP contribution in [-0.2, 0) is 10.5 Å². The zero-order valence-electron chi connectivity index (χ0n) is 21.0. The van der Waals surface area contributed by atoms with Gasteiger partial charge in [-0.3, -0.25) is 4.98 Å². The van der Waals surface area contributed by atoms with Gasteiger partial charge in [0.15, 0.2) is 16.7 Å². The number of carbonyl (C=O) groups excluding carboxylic acids is 1. The number of pyridine rings is 1. The van der Waals surface area contributed by atoms with Crippen molar-refractivity contribution in [2.45, 2.75) is 56.5 Å². The van der Waals surface area contributed by atoms with Crippen molar-refractivity contribution >= 4 is 28.9 Å². The van der Waals surface area contributed by atoms with Crippen LogP contribution in [-0.4, -0.2) is 54.0 Å². The van der Waals surface area contributed by atoms with E-state index in [4.69, 9.17) is 18.9 Å². The number of hydrogen-bond acceptors (Lipinski definition) is 8. The predicted molar refractivity (Wildman–Crippen MR) is 137 cm³/mol. The van der Waals surface area contributed by atoms with E-state index < -0.39 is 5.60 Å². The Balaban J connectivity index is 1.43. The molecule has 0 bridgehead atoms. The molecule has 2 heterocycles. The molecule has 0 atom stereocenters. The summed E-state index contributed by atoms with van der Waals surface area (Å²) in [6.07, 6.45) is 4.04. The summed E-state index contributed by atoms with van der Waals surface area (Å²) in [5.74, 6) is 2.66. The molecule has 1 amide bonds. The van der Waals surface area contributed by atoms with E-state index in [1.807, 2.05) is 39.0 Å². The van der Waals surface area contributed by atoms with Crippen LogP contribution < -0.4 is 19.5 Å². The summed E-state index contributed by atoms with van der Waals surface area (Å²) >= 11 is 1.54.